The number of aliphatic carboxylic acids is 1. The number of carbonyl (C=O) groups excluding carboxylic acids is 1. The summed E-state index contributed by atoms with van der Waals surface area (Å²) in [5, 5.41) is 8.56. The maximum atomic E-state index is 12.0. The molecular weight excluding hydrogens is 248 g/mol. The Labute approximate surface area is 113 Å². The number of hydrogen-bond donors (Lipinski definition) is 1. The van der Waals surface area contributed by atoms with Crippen molar-refractivity contribution in [3.8, 4) is 0 Å². The van der Waals surface area contributed by atoms with Crippen molar-refractivity contribution in [2.24, 2.45) is 0 Å². The molecule has 0 aromatic heterocycles. The molecule has 0 atom stereocenters. The first-order valence-electron chi connectivity index (χ1n) is 6.34. The average Bonchev–Trinajstić information content (AvgIpc) is 2.32. The van der Waals surface area contributed by atoms with Crippen molar-refractivity contribution >= 4 is 12.0 Å². The maximum Gasteiger partial charge on any atom is 0.329 e. The van der Waals surface area contributed by atoms with Crippen molar-refractivity contribution in [2.75, 3.05) is 33.3 Å². The Morgan fingerprint density at radius 2 is 2.16 bits per heavy atom. The summed E-state index contributed by atoms with van der Waals surface area (Å²) in [5.41, 5.74) is -0.532. The molecule has 0 aromatic rings. The van der Waals surface area contributed by atoms with Crippen LogP contribution in [0.25, 0.3) is 0 Å². The van der Waals surface area contributed by atoms with Crippen molar-refractivity contribution in [3.63, 3.8) is 0 Å². The van der Waals surface area contributed by atoms with Crippen LogP contribution < -0.4 is 0 Å². The standard InChI is InChI=1S/C13H22N2O4/c1-4-5-6-7-14(3)12(18)15-9-13(2,10-15)19-8-11(16)17/h4H,1,5-10H2,2-3H3,(H,16,17). The van der Waals surface area contributed by atoms with Gasteiger partial charge in [0.2, 0.25) is 0 Å². The van der Waals surface area contributed by atoms with Crippen LogP contribution in [0.4, 0.5) is 4.79 Å². The number of hydrogen-bond acceptors (Lipinski definition) is 3. The third-order valence-corrected chi connectivity index (χ3v) is 3.09. The van der Waals surface area contributed by atoms with Gasteiger partial charge < -0.3 is 19.6 Å². The number of amides is 2. The zero-order valence-corrected chi connectivity index (χ0v) is 11.6. The van der Waals surface area contributed by atoms with Crippen LogP contribution in [0.5, 0.6) is 0 Å². The second-order valence-corrected chi connectivity index (χ2v) is 5.12. The summed E-state index contributed by atoms with van der Waals surface area (Å²) in [6.07, 6.45) is 3.61. The predicted molar refractivity (Wildman–Crippen MR) is 71.0 cm³/mol. The predicted octanol–water partition coefficient (Wildman–Crippen LogP) is 1.18. The quantitative estimate of drug-likeness (QED) is 0.557. The molecule has 6 nitrogen and oxygen atoms in total. The topological polar surface area (TPSA) is 70.1 Å². The molecule has 0 aliphatic carbocycles. The van der Waals surface area contributed by atoms with Gasteiger partial charge in [0.05, 0.1) is 13.1 Å². The molecule has 1 fully saturated rings. The second-order valence-electron chi connectivity index (χ2n) is 5.12. The van der Waals surface area contributed by atoms with Crippen LogP contribution in [-0.4, -0.2) is 65.8 Å². The average molecular weight is 270 g/mol. The monoisotopic (exact) mass is 270 g/mol. The van der Waals surface area contributed by atoms with Crippen molar-refractivity contribution in [3.05, 3.63) is 12.7 Å². The molecule has 2 amide bonds. The number of carboxylic acid groups (broad SMARTS) is 1. The Kier molecular flexibility index (Phi) is 5.35. The van der Waals surface area contributed by atoms with Gasteiger partial charge in [-0.15, -0.1) is 6.58 Å². The van der Waals surface area contributed by atoms with Gasteiger partial charge in [-0.25, -0.2) is 9.59 Å². The van der Waals surface area contributed by atoms with Gasteiger partial charge >= 0.3 is 12.0 Å². The number of nitrogens with zero attached hydrogens (tertiary/aromatic N) is 2. The number of carbonyl (C=O) groups is 2. The molecule has 0 spiro atoms. The van der Waals surface area contributed by atoms with Crippen LogP contribution in [0.3, 0.4) is 0 Å². The van der Waals surface area contributed by atoms with E-state index in [1.54, 1.807) is 16.8 Å². The summed E-state index contributed by atoms with van der Waals surface area (Å²) >= 11 is 0. The number of likely N-dealkylation sites (tertiary alicyclic amines) is 1. The molecule has 1 aliphatic rings. The van der Waals surface area contributed by atoms with Crippen molar-refractivity contribution < 1.29 is 19.4 Å². The minimum Gasteiger partial charge on any atom is -0.480 e. The summed E-state index contributed by atoms with van der Waals surface area (Å²) in [5.74, 6) is -0.993. The Balaban J connectivity index is 2.30. The van der Waals surface area contributed by atoms with Gasteiger partial charge in [0.25, 0.3) is 0 Å². The van der Waals surface area contributed by atoms with Crippen molar-refractivity contribution in [2.45, 2.75) is 25.4 Å². The molecule has 6 heteroatoms. The van der Waals surface area contributed by atoms with Crippen LogP contribution >= 0.6 is 0 Å². The fourth-order valence-electron chi connectivity index (χ4n) is 2.03. The lowest BCUT2D eigenvalue weighted by molar-refractivity contribution is -0.160. The molecule has 1 saturated heterocycles. The van der Waals surface area contributed by atoms with Crippen LogP contribution in [-0.2, 0) is 9.53 Å². The first-order chi connectivity index (χ1) is 8.88. The van der Waals surface area contributed by atoms with E-state index in [1.165, 1.54) is 0 Å². The Morgan fingerprint density at radius 1 is 1.53 bits per heavy atom. The van der Waals surface area contributed by atoms with Crippen LogP contribution in [0.1, 0.15) is 19.8 Å². The first kappa shape index (κ1) is 15.5. The first-order valence-corrected chi connectivity index (χ1v) is 6.34. The summed E-state index contributed by atoms with van der Waals surface area (Å²) in [6, 6.07) is -0.0412. The van der Waals surface area contributed by atoms with E-state index in [9.17, 15) is 9.59 Å². The van der Waals surface area contributed by atoms with Gasteiger partial charge in [-0.3, -0.25) is 0 Å². The molecule has 1 aliphatic heterocycles. The fraction of sp³-hybridized carbons (Fsp3) is 0.692. The summed E-state index contributed by atoms with van der Waals surface area (Å²) in [6.45, 7) is 6.69. The van der Waals surface area contributed by atoms with Gasteiger partial charge in [0.1, 0.15) is 12.2 Å². The minimum absolute atomic E-state index is 0.0412. The molecule has 0 bridgehead atoms. The summed E-state index contributed by atoms with van der Waals surface area (Å²) in [7, 11) is 1.76. The van der Waals surface area contributed by atoms with Gasteiger partial charge in [-0.1, -0.05) is 6.08 Å². The van der Waals surface area contributed by atoms with Gasteiger partial charge in [-0.05, 0) is 19.8 Å². The van der Waals surface area contributed by atoms with Gasteiger partial charge in [0.15, 0.2) is 0 Å². The lowest BCUT2D eigenvalue weighted by Gasteiger charge is -2.48. The largest absolute Gasteiger partial charge is 0.480 e. The zero-order valence-electron chi connectivity index (χ0n) is 11.6. The minimum atomic E-state index is -0.993. The van der Waals surface area contributed by atoms with Crippen LogP contribution in [0.15, 0.2) is 12.7 Å². The van der Waals surface area contributed by atoms with Crippen molar-refractivity contribution in [1.29, 1.82) is 0 Å². The lowest BCUT2D eigenvalue weighted by Crippen LogP contribution is -2.65. The molecule has 0 unspecified atom stereocenters. The molecule has 0 aromatic carbocycles. The van der Waals surface area contributed by atoms with E-state index in [4.69, 9.17) is 9.84 Å². The fourth-order valence-corrected chi connectivity index (χ4v) is 2.03. The molecule has 108 valence electrons. The third kappa shape index (κ3) is 4.55. The normalized spacial score (nSPS) is 16.6. The van der Waals surface area contributed by atoms with Gasteiger partial charge in [-0.2, -0.15) is 0 Å². The highest BCUT2D eigenvalue weighted by Gasteiger charge is 2.43. The highest BCUT2D eigenvalue weighted by Crippen LogP contribution is 2.25. The number of rotatable bonds is 7. The Bertz CT molecular complexity index is 351. The lowest BCUT2D eigenvalue weighted by atomic mass is 9.97. The second kappa shape index (κ2) is 6.56. The SMILES string of the molecule is C=CCCCN(C)C(=O)N1CC(C)(OCC(=O)O)C1. The zero-order chi connectivity index (χ0) is 14.5. The Hall–Kier alpha value is -1.56. The van der Waals surface area contributed by atoms with E-state index in [2.05, 4.69) is 6.58 Å². The third-order valence-electron chi connectivity index (χ3n) is 3.09. The number of carboxylic acids is 1. The molecular formula is C13H22N2O4. The molecule has 1 heterocycles. The van der Waals surface area contributed by atoms with E-state index in [1.807, 2.05) is 13.0 Å². The Morgan fingerprint density at radius 3 is 2.68 bits per heavy atom. The molecule has 1 rings (SSSR count). The molecule has 19 heavy (non-hydrogen) atoms. The number of urea groups is 1. The van der Waals surface area contributed by atoms with E-state index in [0.29, 0.717) is 19.6 Å². The number of ether oxygens (including phenoxy) is 1. The van der Waals surface area contributed by atoms with E-state index >= 15 is 0 Å². The summed E-state index contributed by atoms with van der Waals surface area (Å²) < 4.78 is 5.26. The number of allylic oxidation sites excluding steroid dienone is 1. The van der Waals surface area contributed by atoms with E-state index in [0.717, 1.165) is 12.8 Å². The molecule has 0 radical (unpaired) electrons. The molecule has 0 saturated carbocycles. The van der Waals surface area contributed by atoms with Crippen LogP contribution in [0.2, 0.25) is 0 Å². The van der Waals surface area contributed by atoms with Gasteiger partial charge in [0, 0.05) is 13.6 Å². The maximum absolute atomic E-state index is 12.0. The molecule has 1 N–H and O–H groups in total. The van der Waals surface area contributed by atoms with E-state index < -0.39 is 11.6 Å². The highest BCUT2D eigenvalue weighted by molar-refractivity contribution is 5.75. The van der Waals surface area contributed by atoms with Crippen molar-refractivity contribution in [1.82, 2.24) is 9.80 Å². The number of unbranched alkanes of at least 4 members (excludes halogenated alkanes) is 1. The summed E-state index contributed by atoms with van der Waals surface area (Å²) in [4.78, 5) is 25.8. The van der Waals surface area contributed by atoms with Crippen LogP contribution in [0, 0.1) is 0 Å². The smallest absolute Gasteiger partial charge is 0.329 e. The van der Waals surface area contributed by atoms with E-state index in [-0.39, 0.29) is 12.6 Å². The highest BCUT2D eigenvalue weighted by atomic mass is 16.5.